The summed E-state index contributed by atoms with van der Waals surface area (Å²) in [7, 11) is -1.90. The molecule has 194 valence electrons. The SMILES string of the molecule is Cn1c(N)c(C(=O)COC(=O)c2ccc(NS(=O)(=O)c3cccc([N+](=O)[O-])c3)cc2O)c(=O)n(C)c1=O. The van der Waals surface area contributed by atoms with Crippen LogP contribution >= 0.6 is 0 Å². The van der Waals surface area contributed by atoms with E-state index in [0.29, 0.717) is 4.57 Å². The smallest absolute Gasteiger partial charge is 0.342 e. The molecular weight excluding hydrogens is 514 g/mol. The first-order valence-corrected chi connectivity index (χ1v) is 11.6. The molecule has 1 aromatic heterocycles. The van der Waals surface area contributed by atoms with Gasteiger partial charge in [0, 0.05) is 32.3 Å². The van der Waals surface area contributed by atoms with Gasteiger partial charge in [-0.25, -0.2) is 18.0 Å². The number of Topliss-reactive ketones (excluding diaryl/α,β-unsaturated/α-hetero) is 1. The van der Waals surface area contributed by atoms with Gasteiger partial charge >= 0.3 is 11.7 Å². The first-order valence-electron chi connectivity index (χ1n) is 10.1. The quantitative estimate of drug-likeness (QED) is 0.153. The normalized spacial score (nSPS) is 11.1. The summed E-state index contributed by atoms with van der Waals surface area (Å²) in [5.41, 5.74) is 2.31. The molecule has 0 atom stereocenters. The fourth-order valence-corrected chi connectivity index (χ4v) is 4.24. The number of nitro groups is 1. The molecule has 0 bridgehead atoms. The van der Waals surface area contributed by atoms with Gasteiger partial charge in [0.1, 0.15) is 22.7 Å². The van der Waals surface area contributed by atoms with Crippen molar-refractivity contribution < 1.29 is 32.8 Å². The van der Waals surface area contributed by atoms with Crippen molar-refractivity contribution in [3.63, 3.8) is 0 Å². The van der Waals surface area contributed by atoms with E-state index >= 15 is 0 Å². The molecule has 0 fully saturated rings. The number of nitro benzene ring substituents is 1. The van der Waals surface area contributed by atoms with E-state index in [9.17, 15) is 42.8 Å². The molecule has 4 N–H and O–H groups in total. The lowest BCUT2D eigenvalue weighted by Crippen LogP contribution is -2.42. The predicted octanol–water partition coefficient (Wildman–Crippen LogP) is 0.120. The summed E-state index contributed by atoms with van der Waals surface area (Å²) in [6, 6.07) is 7.26. The van der Waals surface area contributed by atoms with E-state index in [1.54, 1.807) is 0 Å². The molecule has 0 unspecified atom stereocenters. The number of nitrogens with zero attached hydrogens (tertiary/aromatic N) is 3. The number of ether oxygens (including phenoxy) is 1. The number of sulfonamides is 1. The summed E-state index contributed by atoms with van der Waals surface area (Å²) < 4.78 is 33.6. The molecular formula is C21H19N5O10S. The van der Waals surface area contributed by atoms with Crippen molar-refractivity contribution in [2.75, 3.05) is 17.1 Å². The van der Waals surface area contributed by atoms with Gasteiger partial charge in [-0.3, -0.25) is 33.6 Å². The van der Waals surface area contributed by atoms with Gasteiger partial charge in [0.05, 0.1) is 15.5 Å². The number of benzene rings is 2. The Morgan fingerprint density at radius 2 is 1.81 bits per heavy atom. The molecule has 0 amide bonds. The van der Waals surface area contributed by atoms with E-state index in [2.05, 4.69) is 4.72 Å². The van der Waals surface area contributed by atoms with Crippen LogP contribution in [0.5, 0.6) is 5.75 Å². The average Bonchev–Trinajstić information content (AvgIpc) is 2.85. The Hall–Kier alpha value is -4.99. The van der Waals surface area contributed by atoms with Crippen molar-refractivity contribution in [2.24, 2.45) is 14.1 Å². The Balaban J connectivity index is 1.76. The highest BCUT2D eigenvalue weighted by Crippen LogP contribution is 2.26. The topological polar surface area (TPSA) is 223 Å². The monoisotopic (exact) mass is 533 g/mol. The van der Waals surface area contributed by atoms with Crippen LogP contribution in [-0.2, 0) is 28.9 Å². The van der Waals surface area contributed by atoms with Crippen LogP contribution < -0.4 is 21.7 Å². The standard InChI is InChI=1S/C21H19N5O10S/c1-24-18(22)17(19(29)25(2)21(24)31)16(28)10-36-20(30)14-7-6-11(8-15(14)27)23-37(34,35)13-5-3-4-12(9-13)26(32)33/h3-9,23,27H,10,22H2,1-2H3. The van der Waals surface area contributed by atoms with Crippen LogP contribution in [-0.4, -0.2) is 45.9 Å². The summed E-state index contributed by atoms with van der Waals surface area (Å²) >= 11 is 0. The molecule has 15 nitrogen and oxygen atoms in total. The number of hydrogen-bond acceptors (Lipinski definition) is 11. The maximum absolute atomic E-state index is 12.5. The summed E-state index contributed by atoms with van der Waals surface area (Å²) in [5, 5.41) is 21.1. The average molecular weight is 533 g/mol. The number of phenolic OH excluding ortho intramolecular Hbond substituents is 1. The second kappa shape index (κ2) is 9.94. The number of carbonyl (C=O) groups excluding carboxylic acids is 2. The van der Waals surface area contributed by atoms with E-state index in [1.807, 2.05) is 0 Å². The van der Waals surface area contributed by atoms with Gasteiger partial charge in [-0.1, -0.05) is 6.07 Å². The maximum atomic E-state index is 12.5. The van der Waals surface area contributed by atoms with Crippen molar-refractivity contribution in [1.82, 2.24) is 9.13 Å². The minimum atomic E-state index is -4.28. The van der Waals surface area contributed by atoms with Crippen molar-refractivity contribution in [1.29, 1.82) is 0 Å². The molecule has 16 heteroatoms. The Labute approximate surface area is 207 Å². The predicted molar refractivity (Wildman–Crippen MR) is 128 cm³/mol. The number of phenols is 1. The number of aromatic hydroxyl groups is 1. The summed E-state index contributed by atoms with van der Waals surface area (Å²) in [5.74, 6) is -3.31. The maximum Gasteiger partial charge on any atom is 0.342 e. The van der Waals surface area contributed by atoms with E-state index in [-0.39, 0.29) is 5.69 Å². The lowest BCUT2D eigenvalue weighted by Gasteiger charge is -2.12. The van der Waals surface area contributed by atoms with Gasteiger partial charge in [0.15, 0.2) is 6.61 Å². The van der Waals surface area contributed by atoms with Crippen LogP contribution in [0.3, 0.4) is 0 Å². The zero-order valence-corrected chi connectivity index (χ0v) is 20.0. The lowest BCUT2D eigenvalue weighted by molar-refractivity contribution is -0.385. The minimum absolute atomic E-state index is 0.182. The van der Waals surface area contributed by atoms with Gasteiger partial charge in [-0.15, -0.1) is 0 Å². The molecule has 0 aliphatic carbocycles. The van der Waals surface area contributed by atoms with Crippen LogP contribution in [0.25, 0.3) is 0 Å². The summed E-state index contributed by atoms with van der Waals surface area (Å²) in [6.07, 6.45) is 0. The number of aromatic nitrogens is 2. The van der Waals surface area contributed by atoms with Gasteiger partial charge in [-0.05, 0) is 18.2 Å². The zero-order valence-electron chi connectivity index (χ0n) is 19.2. The Morgan fingerprint density at radius 3 is 2.43 bits per heavy atom. The number of anilines is 2. The first-order chi connectivity index (χ1) is 17.2. The second-order valence-electron chi connectivity index (χ2n) is 7.56. The van der Waals surface area contributed by atoms with Crippen LogP contribution in [0.2, 0.25) is 0 Å². The summed E-state index contributed by atoms with van der Waals surface area (Å²) in [4.78, 5) is 58.7. The van der Waals surface area contributed by atoms with Crippen LogP contribution in [0.1, 0.15) is 20.7 Å². The third kappa shape index (κ3) is 5.32. The molecule has 37 heavy (non-hydrogen) atoms. The van der Waals surface area contributed by atoms with E-state index < -0.39 is 77.8 Å². The third-order valence-corrected chi connectivity index (χ3v) is 6.51. The molecule has 0 aliphatic heterocycles. The van der Waals surface area contributed by atoms with Crippen molar-refractivity contribution >= 4 is 39.0 Å². The van der Waals surface area contributed by atoms with E-state index in [4.69, 9.17) is 10.5 Å². The molecule has 1 heterocycles. The largest absolute Gasteiger partial charge is 0.507 e. The molecule has 3 aromatic rings. The third-order valence-electron chi connectivity index (χ3n) is 5.13. The van der Waals surface area contributed by atoms with Crippen molar-refractivity contribution in [3.8, 4) is 5.75 Å². The first kappa shape index (κ1) is 26.6. The minimum Gasteiger partial charge on any atom is -0.507 e. The summed E-state index contributed by atoms with van der Waals surface area (Å²) in [6.45, 7) is -0.947. The van der Waals surface area contributed by atoms with Crippen LogP contribution in [0.15, 0.2) is 56.9 Å². The van der Waals surface area contributed by atoms with Gasteiger partial charge < -0.3 is 15.6 Å². The zero-order chi connectivity index (χ0) is 27.7. The number of non-ortho nitro benzene ring substituents is 1. The molecule has 0 aliphatic rings. The molecule has 0 saturated heterocycles. The fourth-order valence-electron chi connectivity index (χ4n) is 3.15. The van der Waals surface area contributed by atoms with Crippen LogP contribution in [0.4, 0.5) is 17.2 Å². The number of rotatable bonds is 8. The number of carbonyl (C=O) groups is 2. The molecule has 0 spiro atoms. The number of nitrogens with two attached hydrogens (primary N) is 1. The van der Waals surface area contributed by atoms with Gasteiger partial charge in [-0.2, -0.15) is 0 Å². The van der Waals surface area contributed by atoms with E-state index in [1.165, 1.54) is 13.1 Å². The number of hydrogen-bond donors (Lipinski definition) is 3. The van der Waals surface area contributed by atoms with Crippen molar-refractivity contribution in [3.05, 3.63) is 84.5 Å². The Kier molecular flexibility index (Phi) is 7.15. The highest BCUT2D eigenvalue weighted by atomic mass is 32.2. The lowest BCUT2D eigenvalue weighted by atomic mass is 10.2. The van der Waals surface area contributed by atoms with E-state index in [0.717, 1.165) is 48.0 Å². The second-order valence-corrected chi connectivity index (χ2v) is 9.24. The van der Waals surface area contributed by atoms with Gasteiger partial charge in [0.25, 0.3) is 21.3 Å². The molecule has 0 radical (unpaired) electrons. The molecule has 3 rings (SSSR count). The molecule has 0 saturated carbocycles. The Morgan fingerprint density at radius 1 is 1.14 bits per heavy atom. The number of nitrogen functional groups attached to an aromatic ring is 1. The number of ketones is 1. The van der Waals surface area contributed by atoms with Crippen LogP contribution in [0, 0.1) is 10.1 Å². The van der Waals surface area contributed by atoms with Gasteiger partial charge in [0.2, 0.25) is 5.78 Å². The van der Waals surface area contributed by atoms with Crippen molar-refractivity contribution in [2.45, 2.75) is 4.90 Å². The molecule has 2 aromatic carbocycles. The fraction of sp³-hybridized carbons (Fsp3) is 0.143. The highest BCUT2D eigenvalue weighted by Gasteiger charge is 2.23. The highest BCUT2D eigenvalue weighted by molar-refractivity contribution is 7.92. The Bertz CT molecular complexity index is 1670. The number of esters is 1. The number of nitrogens with one attached hydrogen (secondary N) is 1.